The summed E-state index contributed by atoms with van der Waals surface area (Å²) >= 11 is 3.51. The van der Waals surface area contributed by atoms with Gasteiger partial charge >= 0.3 is 0 Å². The summed E-state index contributed by atoms with van der Waals surface area (Å²) in [4.78, 5) is 14.0. The molecule has 0 aliphatic carbocycles. The largest absolute Gasteiger partial charge is 0.383 e. The molecule has 0 fully saturated rings. The van der Waals surface area contributed by atoms with E-state index in [0.29, 0.717) is 6.54 Å². The molecule has 0 saturated carbocycles. The third kappa shape index (κ3) is 5.98. The van der Waals surface area contributed by atoms with Gasteiger partial charge in [0.05, 0.1) is 16.1 Å². The predicted molar refractivity (Wildman–Crippen MR) is 157 cm³/mol. The molecular weight excluding hydrogens is 617 g/mol. The van der Waals surface area contributed by atoms with E-state index in [2.05, 4.69) is 48.9 Å². The van der Waals surface area contributed by atoms with E-state index in [4.69, 9.17) is 0 Å². The average Bonchev–Trinajstić information content (AvgIpc) is 3.41. The molecule has 5 aromatic rings. The smallest absolute Gasteiger partial charge is 0.252 e. The molecule has 1 N–H and O–H groups in total. The molecule has 0 amide bonds. The summed E-state index contributed by atoms with van der Waals surface area (Å²) in [6.45, 7) is 2.89. The van der Waals surface area contributed by atoms with Gasteiger partial charge in [0.15, 0.2) is 0 Å². The van der Waals surface area contributed by atoms with Gasteiger partial charge in [0.1, 0.15) is 4.21 Å². The number of pyridine rings is 3. The minimum absolute atomic E-state index is 0.225. The lowest BCUT2D eigenvalue weighted by Crippen LogP contribution is -2.34. The molecule has 1 aromatic carbocycles. The van der Waals surface area contributed by atoms with Crippen LogP contribution in [0.15, 0.2) is 89.5 Å². The van der Waals surface area contributed by atoms with E-state index in [1.54, 1.807) is 24.7 Å². The third-order valence-electron chi connectivity index (χ3n) is 5.75. The molecule has 0 unspecified atom stereocenters. The highest BCUT2D eigenvalue weighted by molar-refractivity contribution is 14.1. The summed E-state index contributed by atoms with van der Waals surface area (Å²) in [5.41, 5.74) is 4.32. The number of aromatic nitrogens is 3. The lowest BCUT2D eigenvalue weighted by Gasteiger charge is -2.22. The van der Waals surface area contributed by atoms with Gasteiger partial charge in [-0.1, -0.05) is 12.1 Å². The summed E-state index contributed by atoms with van der Waals surface area (Å²) in [5, 5.41) is 4.47. The van der Waals surface area contributed by atoms with Crippen molar-refractivity contribution in [1.29, 1.82) is 0 Å². The molecule has 0 aliphatic heterocycles. The van der Waals surface area contributed by atoms with Crippen LogP contribution < -0.4 is 5.32 Å². The Labute approximate surface area is 233 Å². The second kappa shape index (κ2) is 11.2. The zero-order chi connectivity index (χ0) is 25.8. The maximum absolute atomic E-state index is 13.8. The highest BCUT2D eigenvalue weighted by Gasteiger charge is 2.27. The van der Waals surface area contributed by atoms with Crippen LogP contribution in [-0.2, 0) is 16.6 Å². The number of rotatable bonds is 9. The van der Waals surface area contributed by atoms with Crippen LogP contribution >= 0.6 is 33.9 Å². The highest BCUT2D eigenvalue weighted by Crippen LogP contribution is 2.32. The minimum atomic E-state index is -3.76. The Morgan fingerprint density at radius 2 is 1.92 bits per heavy atom. The Morgan fingerprint density at radius 1 is 1.03 bits per heavy atom. The molecule has 37 heavy (non-hydrogen) atoms. The van der Waals surface area contributed by atoms with Crippen molar-refractivity contribution in [3.05, 3.63) is 100 Å². The SMILES string of the molecule is Cc1cc(NCCN(Cc2cccnc2)S(=O)(=O)c2ccc(-c3ccccn3)s2)c2cc(I)ccc2n1. The fraction of sp³-hybridized carbons (Fsp3) is 0.148. The Morgan fingerprint density at radius 3 is 2.70 bits per heavy atom. The lowest BCUT2D eigenvalue weighted by atomic mass is 10.1. The van der Waals surface area contributed by atoms with Crippen molar-refractivity contribution in [2.75, 3.05) is 18.4 Å². The van der Waals surface area contributed by atoms with Gasteiger partial charge in [-0.3, -0.25) is 15.0 Å². The minimum Gasteiger partial charge on any atom is -0.383 e. The molecule has 0 bridgehead atoms. The fourth-order valence-electron chi connectivity index (χ4n) is 4.00. The molecule has 188 valence electrons. The van der Waals surface area contributed by atoms with Crippen molar-refractivity contribution in [2.45, 2.75) is 17.7 Å². The van der Waals surface area contributed by atoms with Crippen molar-refractivity contribution < 1.29 is 8.42 Å². The van der Waals surface area contributed by atoms with Crippen molar-refractivity contribution in [3.8, 4) is 10.6 Å². The molecule has 0 aliphatic rings. The maximum atomic E-state index is 13.8. The van der Waals surface area contributed by atoms with Crippen molar-refractivity contribution in [3.63, 3.8) is 0 Å². The number of fused-ring (bicyclic) bond motifs is 1. The lowest BCUT2D eigenvalue weighted by molar-refractivity contribution is 0.418. The number of nitrogens with one attached hydrogen (secondary N) is 1. The van der Waals surface area contributed by atoms with Crippen LogP contribution in [0.3, 0.4) is 0 Å². The molecule has 0 saturated heterocycles. The van der Waals surface area contributed by atoms with Gasteiger partial charge in [0.25, 0.3) is 10.0 Å². The number of benzene rings is 1. The van der Waals surface area contributed by atoms with E-state index in [1.165, 1.54) is 15.6 Å². The number of sulfonamides is 1. The number of anilines is 1. The molecule has 4 aromatic heterocycles. The Hall–Kier alpha value is -2.93. The highest BCUT2D eigenvalue weighted by atomic mass is 127. The first-order valence-corrected chi connectivity index (χ1v) is 14.9. The van der Waals surface area contributed by atoms with Crippen LogP contribution in [0.25, 0.3) is 21.5 Å². The Balaban J connectivity index is 1.41. The first kappa shape index (κ1) is 25.7. The van der Waals surface area contributed by atoms with Crippen LogP contribution in [0.5, 0.6) is 0 Å². The summed E-state index contributed by atoms with van der Waals surface area (Å²) in [7, 11) is -3.76. The van der Waals surface area contributed by atoms with Crippen molar-refractivity contribution in [2.24, 2.45) is 0 Å². The fourth-order valence-corrected chi connectivity index (χ4v) is 7.36. The summed E-state index contributed by atoms with van der Waals surface area (Å²) < 4.78 is 30.5. The molecule has 10 heteroatoms. The summed E-state index contributed by atoms with van der Waals surface area (Å²) in [5.74, 6) is 0. The van der Waals surface area contributed by atoms with E-state index in [9.17, 15) is 8.42 Å². The number of hydrogen-bond acceptors (Lipinski definition) is 7. The molecule has 7 nitrogen and oxygen atoms in total. The number of aryl methyl sites for hydroxylation is 1. The quantitative estimate of drug-likeness (QED) is 0.200. The van der Waals surface area contributed by atoms with Crippen molar-refractivity contribution >= 4 is 60.5 Å². The van der Waals surface area contributed by atoms with E-state index in [-0.39, 0.29) is 17.3 Å². The van der Waals surface area contributed by atoms with E-state index in [0.717, 1.165) is 42.0 Å². The third-order valence-corrected chi connectivity index (χ3v) is 9.84. The second-order valence-corrected chi connectivity index (χ2v) is 12.9. The first-order chi connectivity index (χ1) is 17.9. The van der Waals surface area contributed by atoms with E-state index in [1.807, 2.05) is 61.5 Å². The summed E-state index contributed by atoms with van der Waals surface area (Å²) in [6, 6.07) is 20.9. The average molecular weight is 642 g/mol. The van der Waals surface area contributed by atoms with Gasteiger partial charge < -0.3 is 5.32 Å². The van der Waals surface area contributed by atoms with Crippen LogP contribution in [0.4, 0.5) is 5.69 Å². The van der Waals surface area contributed by atoms with Gasteiger partial charge in [0, 0.05) is 58.6 Å². The second-order valence-electron chi connectivity index (χ2n) is 8.43. The normalized spacial score (nSPS) is 11.8. The molecule has 5 rings (SSSR count). The molecule has 0 radical (unpaired) electrons. The van der Waals surface area contributed by atoms with Gasteiger partial charge in [-0.2, -0.15) is 4.31 Å². The number of halogens is 1. The standard InChI is InChI=1S/C27H24IN5O2S2/c1-19-15-25(22-16-21(28)7-8-23(22)32-19)31-13-14-33(18-20-5-4-11-29-17-20)37(34,35)27-10-9-26(36-27)24-6-2-3-12-30-24/h2-12,15-17H,13-14,18H2,1H3,(H,31,32). The van der Waals surface area contributed by atoms with E-state index < -0.39 is 10.0 Å². The topological polar surface area (TPSA) is 88.1 Å². The number of nitrogens with zero attached hydrogens (tertiary/aromatic N) is 4. The van der Waals surface area contributed by atoms with Gasteiger partial charge in [0.2, 0.25) is 0 Å². The Bertz CT molecular complexity index is 1630. The number of hydrogen-bond donors (Lipinski definition) is 1. The van der Waals surface area contributed by atoms with Crippen LogP contribution in [-0.4, -0.2) is 40.8 Å². The molecular formula is C27H24IN5O2S2. The zero-order valence-corrected chi connectivity index (χ0v) is 23.8. The molecule has 0 spiro atoms. The molecule has 4 heterocycles. The predicted octanol–water partition coefficient (Wildman–Crippen LogP) is 5.97. The van der Waals surface area contributed by atoms with E-state index >= 15 is 0 Å². The van der Waals surface area contributed by atoms with Gasteiger partial charge in [-0.15, -0.1) is 11.3 Å². The number of thiophene rings is 1. The first-order valence-electron chi connectivity index (χ1n) is 11.6. The monoisotopic (exact) mass is 641 g/mol. The molecule has 0 atom stereocenters. The Kier molecular flexibility index (Phi) is 7.79. The van der Waals surface area contributed by atoms with Gasteiger partial charge in [-0.25, -0.2) is 8.42 Å². The van der Waals surface area contributed by atoms with Crippen LogP contribution in [0, 0.1) is 10.5 Å². The van der Waals surface area contributed by atoms with Gasteiger partial charge in [-0.05, 0) is 89.7 Å². The maximum Gasteiger partial charge on any atom is 0.252 e. The van der Waals surface area contributed by atoms with Crippen LogP contribution in [0.1, 0.15) is 11.3 Å². The van der Waals surface area contributed by atoms with Crippen molar-refractivity contribution in [1.82, 2.24) is 19.3 Å². The summed E-state index contributed by atoms with van der Waals surface area (Å²) in [6.07, 6.45) is 5.08. The zero-order valence-electron chi connectivity index (χ0n) is 20.0. The van der Waals surface area contributed by atoms with Crippen LogP contribution in [0.2, 0.25) is 0 Å².